The van der Waals surface area contributed by atoms with Gasteiger partial charge < -0.3 is 4.52 Å². The molecular formula is C9H5ClFNO. The van der Waals surface area contributed by atoms with Gasteiger partial charge in [-0.2, -0.15) is 0 Å². The van der Waals surface area contributed by atoms with E-state index in [0.29, 0.717) is 10.7 Å². The Morgan fingerprint density at radius 3 is 2.77 bits per heavy atom. The van der Waals surface area contributed by atoms with E-state index in [1.165, 1.54) is 12.3 Å². The molecule has 0 N–H and O–H groups in total. The van der Waals surface area contributed by atoms with Crippen LogP contribution in [0.5, 0.6) is 0 Å². The SMILES string of the molecule is Fc1cccc(Cl)c1-c1ccon1. The lowest BCUT2D eigenvalue weighted by molar-refractivity contribution is 0.422. The number of halogens is 2. The van der Waals surface area contributed by atoms with Crippen LogP contribution < -0.4 is 0 Å². The molecule has 0 fully saturated rings. The molecule has 0 bridgehead atoms. The van der Waals surface area contributed by atoms with Gasteiger partial charge in [0.05, 0.1) is 10.6 Å². The molecule has 0 aliphatic heterocycles. The Morgan fingerprint density at radius 2 is 2.15 bits per heavy atom. The first-order chi connectivity index (χ1) is 6.29. The molecule has 0 aliphatic rings. The van der Waals surface area contributed by atoms with Crippen LogP contribution in [0.4, 0.5) is 4.39 Å². The van der Waals surface area contributed by atoms with Gasteiger partial charge in [0.15, 0.2) is 0 Å². The molecule has 0 atom stereocenters. The lowest BCUT2D eigenvalue weighted by Crippen LogP contribution is -1.84. The van der Waals surface area contributed by atoms with Crippen LogP contribution in [0, 0.1) is 5.82 Å². The van der Waals surface area contributed by atoms with Crippen molar-refractivity contribution in [1.82, 2.24) is 5.16 Å². The number of hydrogen-bond acceptors (Lipinski definition) is 2. The highest BCUT2D eigenvalue weighted by Crippen LogP contribution is 2.28. The molecule has 66 valence electrons. The van der Waals surface area contributed by atoms with Crippen molar-refractivity contribution in [1.29, 1.82) is 0 Å². The van der Waals surface area contributed by atoms with E-state index >= 15 is 0 Å². The minimum atomic E-state index is -0.401. The fraction of sp³-hybridized carbons (Fsp3) is 0. The zero-order valence-corrected chi connectivity index (χ0v) is 7.25. The van der Waals surface area contributed by atoms with Gasteiger partial charge in [-0.15, -0.1) is 0 Å². The molecule has 0 aliphatic carbocycles. The molecule has 2 rings (SSSR count). The smallest absolute Gasteiger partial charge is 0.134 e. The van der Waals surface area contributed by atoms with Crippen molar-refractivity contribution in [3.63, 3.8) is 0 Å². The van der Waals surface area contributed by atoms with Gasteiger partial charge in [0, 0.05) is 6.07 Å². The van der Waals surface area contributed by atoms with Crippen molar-refractivity contribution < 1.29 is 8.91 Å². The molecule has 0 amide bonds. The summed E-state index contributed by atoms with van der Waals surface area (Å²) >= 11 is 5.80. The van der Waals surface area contributed by atoms with Crippen LogP contribution in [-0.2, 0) is 0 Å². The number of nitrogens with zero attached hydrogens (tertiary/aromatic N) is 1. The maximum Gasteiger partial charge on any atom is 0.134 e. The second-order valence-corrected chi connectivity index (χ2v) is 2.89. The van der Waals surface area contributed by atoms with E-state index in [1.54, 1.807) is 18.2 Å². The summed E-state index contributed by atoms with van der Waals surface area (Å²) < 4.78 is 17.9. The van der Waals surface area contributed by atoms with Gasteiger partial charge in [0.2, 0.25) is 0 Å². The fourth-order valence-corrected chi connectivity index (χ4v) is 1.34. The molecule has 2 aromatic rings. The van der Waals surface area contributed by atoms with Crippen molar-refractivity contribution in [3.05, 3.63) is 41.4 Å². The van der Waals surface area contributed by atoms with Gasteiger partial charge in [0.1, 0.15) is 17.8 Å². The monoisotopic (exact) mass is 197 g/mol. The van der Waals surface area contributed by atoms with Crippen LogP contribution in [0.3, 0.4) is 0 Å². The van der Waals surface area contributed by atoms with Crippen molar-refractivity contribution >= 4 is 11.6 Å². The zero-order chi connectivity index (χ0) is 9.26. The second-order valence-electron chi connectivity index (χ2n) is 2.48. The Labute approximate surface area is 78.9 Å². The van der Waals surface area contributed by atoms with Crippen molar-refractivity contribution in [2.24, 2.45) is 0 Å². The van der Waals surface area contributed by atoms with Gasteiger partial charge in [-0.1, -0.05) is 22.8 Å². The molecule has 4 heteroatoms. The Balaban J connectivity index is 2.64. The van der Waals surface area contributed by atoms with Crippen LogP contribution in [-0.4, -0.2) is 5.16 Å². The highest BCUT2D eigenvalue weighted by atomic mass is 35.5. The number of benzene rings is 1. The summed E-state index contributed by atoms with van der Waals surface area (Å²) in [7, 11) is 0. The fourth-order valence-electron chi connectivity index (χ4n) is 1.08. The first-order valence-electron chi connectivity index (χ1n) is 3.64. The molecule has 2 nitrogen and oxygen atoms in total. The predicted molar refractivity (Wildman–Crippen MR) is 46.9 cm³/mol. The maximum absolute atomic E-state index is 13.2. The standard InChI is InChI=1S/C9H5ClFNO/c10-6-2-1-3-7(11)9(6)8-4-5-13-12-8/h1-5H. The minimum Gasteiger partial charge on any atom is -0.364 e. The van der Waals surface area contributed by atoms with E-state index in [-0.39, 0.29) is 5.56 Å². The Kier molecular flexibility index (Phi) is 2.02. The van der Waals surface area contributed by atoms with E-state index in [0.717, 1.165) is 0 Å². The van der Waals surface area contributed by atoms with Crippen LogP contribution in [0.15, 0.2) is 35.1 Å². The van der Waals surface area contributed by atoms with Crippen molar-refractivity contribution in [2.45, 2.75) is 0 Å². The highest BCUT2D eigenvalue weighted by molar-refractivity contribution is 6.33. The number of aromatic nitrogens is 1. The van der Waals surface area contributed by atoms with Crippen LogP contribution in [0.2, 0.25) is 5.02 Å². The molecule has 0 unspecified atom stereocenters. The van der Waals surface area contributed by atoms with Crippen LogP contribution in [0.25, 0.3) is 11.3 Å². The quantitative estimate of drug-likeness (QED) is 0.702. The van der Waals surface area contributed by atoms with Gasteiger partial charge >= 0.3 is 0 Å². The summed E-state index contributed by atoms with van der Waals surface area (Å²) in [5.41, 5.74) is 0.681. The number of hydrogen-bond donors (Lipinski definition) is 0. The molecule has 0 saturated carbocycles. The van der Waals surface area contributed by atoms with Gasteiger partial charge in [-0.3, -0.25) is 0 Å². The molecule has 0 saturated heterocycles. The summed E-state index contributed by atoms with van der Waals surface area (Å²) in [6, 6.07) is 6.04. The maximum atomic E-state index is 13.2. The second kappa shape index (κ2) is 3.18. The van der Waals surface area contributed by atoms with Gasteiger partial charge in [0.25, 0.3) is 0 Å². The molecule has 0 spiro atoms. The summed E-state index contributed by atoms with van der Waals surface area (Å²) in [4.78, 5) is 0. The third-order valence-corrected chi connectivity index (χ3v) is 1.97. The van der Waals surface area contributed by atoms with E-state index in [9.17, 15) is 4.39 Å². The summed E-state index contributed by atoms with van der Waals surface area (Å²) in [5, 5.41) is 3.94. The first-order valence-corrected chi connectivity index (χ1v) is 4.01. The average molecular weight is 198 g/mol. The van der Waals surface area contributed by atoms with Gasteiger partial charge in [-0.25, -0.2) is 4.39 Å². The third-order valence-electron chi connectivity index (χ3n) is 1.66. The number of rotatable bonds is 1. The lowest BCUT2D eigenvalue weighted by atomic mass is 10.1. The van der Waals surface area contributed by atoms with Gasteiger partial charge in [-0.05, 0) is 12.1 Å². The summed E-state index contributed by atoms with van der Waals surface area (Å²) in [6.07, 6.45) is 1.37. The molecule has 1 heterocycles. The van der Waals surface area contributed by atoms with Crippen molar-refractivity contribution in [3.8, 4) is 11.3 Å². The normalized spacial score (nSPS) is 10.3. The predicted octanol–water partition coefficient (Wildman–Crippen LogP) is 3.13. The first kappa shape index (κ1) is 8.26. The van der Waals surface area contributed by atoms with E-state index in [4.69, 9.17) is 11.6 Å². The molecular weight excluding hydrogens is 193 g/mol. The Hall–Kier alpha value is -1.35. The highest BCUT2D eigenvalue weighted by Gasteiger charge is 2.11. The molecule has 13 heavy (non-hydrogen) atoms. The molecule has 1 aromatic carbocycles. The van der Waals surface area contributed by atoms with E-state index in [2.05, 4.69) is 9.68 Å². The van der Waals surface area contributed by atoms with Crippen LogP contribution in [0.1, 0.15) is 0 Å². The summed E-state index contributed by atoms with van der Waals surface area (Å²) in [6.45, 7) is 0. The minimum absolute atomic E-state index is 0.276. The molecule has 1 aromatic heterocycles. The topological polar surface area (TPSA) is 26.0 Å². The summed E-state index contributed by atoms with van der Waals surface area (Å²) in [5.74, 6) is -0.401. The zero-order valence-electron chi connectivity index (χ0n) is 6.50. The van der Waals surface area contributed by atoms with Crippen LogP contribution >= 0.6 is 11.6 Å². The molecule has 0 radical (unpaired) electrons. The van der Waals surface area contributed by atoms with E-state index in [1.807, 2.05) is 0 Å². The van der Waals surface area contributed by atoms with E-state index < -0.39 is 5.82 Å². The lowest BCUT2D eigenvalue weighted by Gasteiger charge is -1.99. The average Bonchev–Trinajstić information content (AvgIpc) is 2.57. The Morgan fingerprint density at radius 1 is 1.31 bits per heavy atom. The largest absolute Gasteiger partial charge is 0.364 e. The third kappa shape index (κ3) is 1.42. The van der Waals surface area contributed by atoms with Crippen molar-refractivity contribution in [2.75, 3.05) is 0 Å². The Bertz CT molecular complexity index is 393.